The van der Waals surface area contributed by atoms with Gasteiger partial charge in [-0.15, -0.1) is 0 Å². The van der Waals surface area contributed by atoms with Gasteiger partial charge >= 0.3 is 0 Å². The molecule has 1 aromatic carbocycles. The molecule has 1 N–H and O–H groups in total. The van der Waals surface area contributed by atoms with Crippen molar-refractivity contribution < 1.29 is 4.74 Å². The van der Waals surface area contributed by atoms with Crippen LogP contribution in [-0.2, 0) is 6.42 Å². The summed E-state index contributed by atoms with van der Waals surface area (Å²) in [6, 6.07) is 8.53. The van der Waals surface area contributed by atoms with Crippen molar-refractivity contribution in [1.82, 2.24) is 15.3 Å². The monoisotopic (exact) mass is 324 g/mol. The lowest BCUT2D eigenvalue weighted by Crippen LogP contribution is -2.30. The maximum atomic E-state index is 6.20. The second-order valence-corrected chi connectivity index (χ2v) is 6.53. The molecule has 0 amide bonds. The number of hydrogen-bond acceptors (Lipinski definition) is 5. The van der Waals surface area contributed by atoms with Crippen molar-refractivity contribution in [2.75, 3.05) is 31.1 Å². The molecule has 5 nitrogen and oxygen atoms in total. The summed E-state index contributed by atoms with van der Waals surface area (Å²) in [4.78, 5) is 11.3. The molecule has 0 radical (unpaired) electrons. The van der Waals surface area contributed by atoms with Gasteiger partial charge in [-0.1, -0.05) is 24.3 Å². The second kappa shape index (κ2) is 7.18. The molecule has 1 atom stereocenters. The highest BCUT2D eigenvalue weighted by molar-refractivity contribution is 5.34. The van der Waals surface area contributed by atoms with Crippen LogP contribution in [0.4, 0.5) is 5.95 Å². The molecule has 126 valence electrons. The lowest BCUT2D eigenvalue weighted by molar-refractivity contribution is 0.203. The Morgan fingerprint density at radius 3 is 2.67 bits per heavy atom. The van der Waals surface area contributed by atoms with Crippen LogP contribution < -0.4 is 15.0 Å². The van der Waals surface area contributed by atoms with E-state index in [1.165, 1.54) is 30.4 Å². The molecule has 2 aliphatic heterocycles. The Balaban J connectivity index is 1.49. The minimum Gasteiger partial charge on any atom is -0.481 e. The van der Waals surface area contributed by atoms with Crippen molar-refractivity contribution >= 4 is 5.95 Å². The molecule has 0 aliphatic carbocycles. The first-order chi connectivity index (χ1) is 11.9. The van der Waals surface area contributed by atoms with Crippen LogP contribution in [0, 0.1) is 0 Å². The zero-order valence-corrected chi connectivity index (χ0v) is 13.9. The fourth-order valence-electron chi connectivity index (χ4n) is 3.54. The summed E-state index contributed by atoms with van der Waals surface area (Å²) < 4.78 is 6.20. The van der Waals surface area contributed by atoms with Gasteiger partial charge in [-0.25, -0.2) is 9.97 Å². The Labute approximate surface area is 143 Å². The third kappa shape index (κ3) is 3.36. The van der Waals surface area contributed by atoms with Crippen LogP contribution in [0.15, 0.2) is 36.7 Å². The molecular formula is C19H24N4O. The zero-order valence-electron chi connectivity index (χ0n) is 13.9. The van der Waals surface area contributed by atoms with E-state index in [1.807, 2.05) is 12.4 Å². The van der Waals surface area contributed by atoms with Gasteiger partial charge in [0.05, 0.1) is 12.4 Å². The number of piperidine rings is 1. The first-order valence-corrected chi connectivity index (χ1v) is 8.92. The van der Waals surface area contributed by atoms with Crippen LogP contribution in [0.2, 0.25) is 0 Å². The van der Waals surface area contributed by atoms with Gasteiger partial charge in [-0.05, 0) is 43.4 Å². The summed E-state index contributed by atoms with van der Waals surface area (Å²) in [5.41, 5.74) is 2.63. The van der Waals surface area contributed by atoms with E-state index < -0.39 is 0 Å². The Morgan fingerprint density at radius 2 is 1.83 bits per heavy atom. The molecule has 1 aromatic heterocycles. The van der Waals surface area contributed by atoms with Gasteiger partial charge in [0.2, 0.25) is 5.95 Å². The molecular weight excluding hydrogens is 300 g/mol. The smallest absolute Gasteiger partial charge is 0.225 e. The van der Waals surface area contributed by atoms with Gasteiger partial charge in [-0.3, -0.25) is 0 Å². The molecule has 1 fully saturated rings. The van der Waals surface area contributed by atoms with E-state index in [0.29, 0.717) is 0 Å². The van der Waals surface area contributed by atoms with Crippen molar-refractivity contribution in [3.8, 4) is 5.75 Å². The summed E-state index contributed by atoms with van der Waals surface area (Å²) in [5, 5.41) is 3.45. The van der Waals surface area contributed by atoms with Gasteiger partial charge in [0, 0.05) is 19.6 Å². The average molecular weight is 324 g/mol. The molecule has 0 bridgehead atoms. The van der Waals surface area contributed by atoms with Crippen molar-refractivity contribution in [3.05, 3.63) is 47.8 Å². The number of nitrogens with one attached hydrogen (secondary N) is 1. The van der Waals surface area contributed by atoms with Crippen LogP contribution >= 0.6 is 0 Å². The highest BCUT2D eigenvalue weighted by Gasteiger charge is 2.20. The van der Waals surface area contributed by atoms with Gasteiger partial charge in [0.25, 0.3) is 0 Å². The molecule has 4 rings (SSSR count). The SMILES string of the molecule is c1ccc2c(c1)CCNCC2Oc1cnc(N2CCCCC2)nc1. The predicted molar refractivity (Wildman–Crippen MR) is 94.5 cm³/mol. The molecule has 1 unspecified atom stereocenters. The number of hydrogen-bond donors (Lipinski definition) is 1. The van der Waals surface area contributed by atoms with Gasteiger partial charge < -0.3 is 15.0 Å². The van der Waals surface area contributed by atoms with E-state index >= 15 is 0 Å². The molecule has 0 saturated carbocycles. The summed E-state index contributed by atoms with van der Waals surface area (Å²) in [7, 11) is 0. The highest BCUT2D eigenvalue weighted by Crippen LogP contribution is 2.26. The predicted octanol–water partition coefficient (Wildman–Crippen LogP) is 2.73. The number of aromatic nitrogens is 2. The average Bonchev–Trinajstić information content (AvgIpc) is 2.86. The molecule has 2 aliphatic rings. The standard InChI is InChI=1S/C19H24N4O/c1-4-10-23(11-5-1)19-21-12-16(13-22-19)24-18-14-20-9-8-15-6-2-3-7-17(15)18/h2-3,6-7,12-13,18,20H,1,4-5,8-11,14H2. The zero-order chi connectivity index (χ0) is 16.2. The normalized spacial score (nSPS) is 21.0. The van der Waals surface area contributed by atoms with Crippen LogP contribution in [0.25, 0.3) is 0 Å². The summed E-state index contributed by atoms with van der Waals surface area (Å²) in [6.07, 6.45) is 8.44. The van der Waals surface area contributed by atoms with Crippen molar-refractivity contribution in [3.63, 3.8) is 0 Å². The van der Waals surface area contributed by atoms with Crippen molar-refractivity contribution in [2.24, 2.45) is 0 Å². The Morgan fingerprint density at radius 1 is 1.04 bits per heavy atom. The summed E-state index contributed by atoms with van der Waals surface area (Å²) in [5.74, 6) is 1.56. The maximum absolute atomic E-state index is 6.20. The highest BCUT2D eigenvalue weighted by atomic mass is 16.5. The molecule has 5 heteroatoms. The van der Waals surface area contributed by atoms with Crippen molar-refractivity contribution in [1.29, 1.82) is 0 Å². The Bertz CT molecular complexity index is 667. The fourth-order valence-corrected chi connectivity index (χ4v) is 3.54. The van der Waals surface area contributed by atoms with E-state index in [2.05, 4.69) is 44.5 Å². The van der Waals surface area contributed by atoms with Crippen LogP contribution in [0.1, 0.15) is 36.5 Å². The number of anilines is 1. The number of nitrogens with zero attached hydrogens (tertiary/aromatic N) is 3. The summed E-state index contributed by atoms with van der Waals surface area (Å²) in [6.45, 7) is 3.91. The largest absolute Gasteiger partial charge is 0.481 e. The topological polar surface area (TPSA) is 50.3 Å². The molecule has 0 spiro atoms. The Kier molecular flexibility index (Phi) is 4.60. The van der Waals surface area contributed by atoms with Crippen molar-refractivity contribution in [2.45, 2.75) is 31.8 Å². The lowest BCUT2D eigenvalue weighted by Gasteiger charge is -2.26. The van der Waals surface area contributed by atoms with Crippen LogP contribution in [-0.4, -0.2) is 36.1 Å². The Hall–Kier alpha value is -2.14. The first kappa shape index (κ1) is 15.4. The van der Waals surface area contributed by atoms with Gasteiger partial charge in [0.15, 0.2) is 5.75 Å². The van der Waals surface area contributed by atoms with Crippen LogP contribution in [0.3, 0.4) is 0 Å². The number of rotatable bonds is 3. The second-order valence-electron chi connectivity index (χ2n) is 6.53. The van der Waals surface area contributed by atoms with E-state index in [1.54, 1.807) is 0 Å². The fraction of sp³-hybridized carbons (Fsp3) is 0.474. The van der Waals surface area contributed by atoms with E-state index in [9.17, 15) is 0 Å². The molecule has 2 aromatic rings. The number of ether oxygens (including phenoxy) is 1. The van der Waals surface area contributed by atoms with E-state index in [4.69, 9.17) is 4.74 Å². The lowest BCUT2D eigenvalue weighted by atomic mass is 10.0. The third-order valence-corrected chi connectivity index (χ3v) is 4.83. The minimum absolute atomic E-state index is 0.00753. The van der Waals surface area contributed by atoms with E-state index in [-0.39, 0.29) is 6.10 Å². The van der Waals surface area contributed by atoms with Gasteiger partial charge in [-0.2, -0.15) is 0 Å². The molecule has 3 heterocycles. The number of fused-ring (bicyclic) bond motifs is 1. The first-order valence-electron chi connectivity index (χ1n) is 8.92. The molecule has 24 heavy (non-hydrogen) atoms. The minimum atomic E-state index is 0.00753. The third-order valence-electron chi connectivity index (χ3n) is 4.83. The van der Waals surface area contributed by atoms with E-state index in [0.717, 1.165) is 44.3 Å². The van der Waals surface area contributed by atoms with Gasteiger partial charge in [0.1, 0.15) is 6.10 Å². The maximum Gasteiger partial charge on any atom is 0.225 e. The molecule has 1 saturated heterocycles. The van der Waals surface area contributed by atoms with Crippen LogP contribution in [0.5, 0.6) is 5.75 Å². The summed E-state index contributed by atoms with van der Waals surface area (Å²) >= 11 is 0. The number of benzene rings is 1. The quantitative estimate of drug-likeness (QED) is 0.941.